The maximum absolute atomic E-state index is 11.9. The molecule has 1 N–H and O–H groups in total. The Kier molecular flexibility index (Phi) is 4.72. The van der Waals surface area contributed by atoms with Crippen LogP contribution in [-0.2, 0) is 9.53 Å². The molecule has 5 heteroatoms. The molecule has 0 saturated carbocycles. The second-order valence-corrected chi connectivity index (χ2v) is 3.51. The van der Waals surface area contributed by atoms with Gasteiger partial charge in [-0.1, -0.05) is 23.7 Å². The summed E-state index contributed by atoms with van der Waals surface area (Å²) in [5.74, 6) is -2.01. The van der Waals surface area contributed by atoms with E-state index in [0.717, 1.165) is 6.26 Å². The monoisotopic (exact) mass is 254 g/mol. The molecule has 0 unspecified atom stereocenters. The molecule has 0 saturated heterocycles. The van der Waals surface area contributed by atoms with Crippen LogP contribution in [0.25, 0.3) is 0 Å². The Labute approximate surface area is 103 Å². The number of ketones is 1. The van der Waals surface area contributed by atoms with E-state index in [1.807, 2.05) is 0 Å². The van der Waals surface area contributed by atoms with E-state index in [2.05, 4.69) is 0 Å². The Morgan fingerprint density at radius 3 is 2.59 bits per heavy atom. The van der Waals surface area contributed by atoms with Gasteiger partial charge in [0, 0.05) is 5.56 Å². The summed E-state index contributed by atoms with van der Waals surface area (Å²) < 4.78 is 4.83. The summed E-state index contributed by atoms with van der Waals surface area (Å²) in [7, 11) is 0. The molecule has 0 fully saturated rings. The van der Waals surface area contributed by atoms with Crippen LogP contribution in [0.3, 0.4) is 0 Å². The van der Waals surface area contributed by atoms with Crippen LogP contribution in [0.15, 0.2) is 36.1 Å². The Hall–Kier alpha value is -1.81. The largest absolute Gasteiger partial charge is 0.500 e. The van der Waals surface area contributed by atoms with E-state index in [1.54, 1.807) is 19.1 Å². The zero-order chi connectivity index (χ0) is 12.8. The quantitative estimate of drug-likeness (QED) is 0.288. The lowest BCUT2D eigenvalue weighted by atomic mass is 10.0. The Morgan fingerprint density at radius 1 is 1.41 bits per heavy atom. The second kappa shape index (κ2) is 6.06. The van der Waals surface area contributed by atoms with Crippen LogP contribution in [0.2, 0.25) is 5.02 Å². The number of hydrogen-bond donors (Lipinski definition) is 1. The number of hydrogen-bond acceptors (Lipinski definition) is 3. The van der Waals surface area contributed by atoms with Gasteiger partial charge in [0.2, 0.25) is 5.78 Å². The fraction of sp³-hybridized carbons (Fsp3) is 0.167. The fourth-order valence-electron chi connectivity index (χ4n) is 1.16. The predicted octanol–water partition coefficient (Wildman–Crippen LogP) is 2.53. The molecule has 0 atom stereocenters. The van der Waals surface area contributed by atoms with Gasteiger partial charge in [-0.3, -0.25) is 4.79 Å². The predicted molar refractivity (Wildman–Crippen MR) is 63.1 cm³/mol. The highest BCUT2D eigenvalue weighted by atomic mass is 35.5. The first-order valence-corrected chi connectivity index (χ1v) is 5.30. The van der Waals surface area contributed by atoms with Crippen molar-refractivity contribution >= 4 is 23.4 Å². The van der Waals surface area contributed by atoms with Gasteiger partial charge in [-0.05, 0) is 19.1 Å². The number of benzene rings is 1. The first-order chi connectivity index (χ1) is 8.07. The number of carbonyl (C=O) groups excluding carboxylic acids is 1. The lowest BCUT2D eigenvalue weighted by Crippen LogP contribution is -2.13. The van der Waals surface area contributed by atoms with Crippen LogP contribution < -0.4 is 0 Å². The third-order valence-corrected chi connectivity index (χ3v) is 2.29. The van der Waals surface area contributed by atoms with Gasteiger partial charge in [-0.25, -0.2) is 4.79 Å². The second-order valence-electron chi connectivity index (χ2n) is 3.10. The van der Waals surface area contributed by atoms with Gasteiger partial charge in [0.15, 0.2) is 0 Å². The number of Topliss-reactive ketones (excluding diaryl/α,β-unsaturated/α-hetero) is 1. The average Bonchev–Trinajstić information content (AvgIpc) is 2.29. The molecular formula is C12H11ClO4. The van der Waals surface area contributed by atoms with Gasteiger partial charge in [0.1, 0.15) is 11.8 Å². The van der Waals surface area contributed by atoms with Gasteiger partial charge in [0.25, 0.3) is 0 Å². The number of carboxylic acid groups (broad SMARTS) is 1. The molecule has 0 spiro atoms. The standard InChI is InChI=1S/C12H11ClO4/c1-2-17-7-9(12(15)16)11(14)8-5-3-4-6-10(8)13/h3-7H,2H2,1H3,(H,15,16). The van der Waals surface area contributed by atoms with E-state index >= 15 is 0 Å². The number of carboxylic acids is 1. The molecule has 0 heterocycles. The molecule has 0 amide bonds. The van der Waals surface area contributed by atoms with E-state index in [9.17, 15) is 9.59 Å². The summed E-state index contributed by atoms with van der Waals surface area (Å²) in [6, 6.07) is 6.26. The third kappa shape index (κ3) is 3.32. The number of ether oxygens (including phenoxy) is 1. The van der Waals surface area contributed by atoms with Crippen molar-refractivity contribution in [1.29, 1.82) is 0 Å². The van der Waals surface area contributed by atoms with Crippen LogP contribution in [0.1, 0.15) is 17.3 Å². The highest BCUT2D eigenvalue weighted by Gasteiger charge is 2.21. The SMILES string of the molecule is CCOC=C(C(=O)O)C(=O)c1ccccc1Cl. The molecule has 0 aliphatic heterocycles. The highest BCUT2D eigenvalue weighted by molar-refractivity contribution is 6.36. The van der Waals surface area contributed by atoms with Crippen molar-refractivity contribution < 1.29 is 19.4 Å². The molecule has 1 aromatic carbocycles. The first kappa shape index (κ1) is 13.3. The molecule has 1 aromatic rings. The summed E-state index contributed by atoms with van der Waals surface area (Å²) in [5.41, 5.74) is -0.303. The molecule has 4 nitrogen and oxygen atoms in total. The molecule has 1 rings (SSSR count). The highest BCUT2D eigenvalue weighted by Crippen LogP contribution is 2.18. The fourth-order valence-corrected chi connectivity index (χ4v) is 1.38. The van der Waals surface area contributed by atoms with Gasteiger partial charge >= 0.3 is 5.97 Å². The Balaban J connectivity index is 3.09. The van der Waals surface area contributed by atoms with Crippen LogP contribution in [0.4, 0.5) is 0 Å². The van der Waals surface area contributed by atoms with Crippen molar-refractivity contribution in [2.24, 2.45) is 0 Å². The lowest BCUT2D eigenvalue weighted by molar-refractivity contribution is -0.132. The van der Waals surface area contributed by atoms with E-state index in [-0.39, 0.29) is 17.2 Å². The summed E-state index contributed by atoms with van der Waals surface area (Å²) in [6.07, 6.45) is 0.938. The van der Waals surface area contributed by atoms with Crippen molar-refractivity contribution in [2.45, 2.75) is 6.92 Å². The molecule has 0 aliphatic rings. The third-order valence-electron chi connectivity index (χ3n) is 1.96. The molecule has 0 bridgehead atoms. The molecule has 0 aromatic heterocycles. The van der Waals surface area contributed by atoms with Crippen molar-refractivity contribution in [3.8, 4) is 0 Å². The van der Waals surface area contributed by atoms with Crippen LogP contribution in [0.5, 0.6) is 0 Å². The number of halogens is 1. The molecule has 0 radical (unpaired) electrons. The summed E-state index contributed by atoms with van der Waals surface area (Å²) >= 11 is 5.82. The number of aliphatic carboxylic acids is 1. The lowest BCUT2D eigenvalue weighted by Gasteiger charge is -2.04. The maximum Gasteiger partial charge on any atom is 0.342 e. The average molecular weight is 255 g/mol. The smallest absolute Gasteiger partial charge is 0.342 e. The Bertz CT molecular complexity index is 465. The maximum atomic E-state index is 11.9. The van der Waals surface area contributed by atoms with Gasteiger partial charge in [0.05, 0.1) is 11.6 Å². The van der Waals surface area contributed by atoms with Gasteiger partial charge in [-0.15, -0.1) is 0 Å². The van der Waals surface area contributed by atoms with Crippen molar-refractivity contribution in [3.63, 3.8) is 0 Å². The zero-order valence-corrected chi connectivity index (χ0v) is 9.90. The topological polar surface area (TPSA) is 63.6 Å². The minimum absolute atomic E-state index is 0.141. The molecule has 17 heavy (non-hydrogen) atoms. The summed E-state index contributed by atoms with van der Waals surface area (Å²) in [5, 5.41) is 9.12. The van der Waals surface area contributed by atoms with Crippen LogP contribution >= 0.6 is 11.6 Å². The minimum Gasteiger partial charge on any atom is -0.500 e. The minimum atomic E-state index is -1.34. The van der Waals surface area contributed by atoms with E-state index in [4.69, 9.17) is 21.4 Å². The van der Waals surface area contributed by atoms with E-state index in [1.165, 1.54) is 12.1 Å². The van der Waals surface area contributed by atoms with Crippen LogP contribution in [0, 0.1) is 0 Å². The number of carbonyl (C=O) groups is 2. The van der Waals surface area contributed by atoms with Crippen molar-refractivity contribution in [1.82, 2.24) is 0 Å². The normalized spacial score (nSPS) is 11.1. The van der Waals surface area contributed by atoms with Gasteiger partial charge in [-0.2, -0.15) is 0 Å². The van der Waals surface area contributed by atoms with E-state index < -0.39 is 17.3 Å². The van der Waals surface area contributed by atoms with Crippen molar-refractivity contribution in [2.75, 3.05) is 6.61 Å². The van der Waals surface area contributed by atoms with Crippen molar-refractivity contribution in [3.05, 3.63) is 46.7 Å². The summed E-state index contributed by atoms with van der Waals surface area (Å²) in [6.45, 7) is 1.97. The zero-order valence-electron chi connectivity index (χ0n) is 9.14. The van der Waals surface area contributed by atoms with Gasteiger partial charge < -0.3 is 9.84 Å². The summed E-state index contributed by atoms with van der Waals surface area (Å²) in [4.78, 5) is 22.8. The molecule has 0 aliphatic carbocycles. The molecular weight excluding hydrogens is 244 g/mol. The number of rotatable bonds is 5. The Morgan fingerprint density at radius 2 is 2.06 bits per heavy atom. The molecule has 90 valence electrons. The first-order valence-electron chi connectivity index (χ1n) is 4.92. The van der Waals surface area contributed by atoms with E-state index in [0.29, 0.717) is 0 Å². The van der Waals surface area contributed by atoms with Crippen LogP contribution in [-0.4, -0.2) is 23.5 Å².